The third-order valence-corrected chi connectivity index (χ3v) is 10.9. The Morgan fingerprint density at radius 3 is 2.31 bits per heavy atom. The Balaban J connectivity index is 1.14. The van der Waals surface area contributed by atoms with Crippen molar-refractivity contribution in [3.63, 3.8) is 0 Å². The molecule has 0 unspecified atom stereocenters. The van der Waals surface area contributed by atoms with Gasteiger partial charge >= 0.3 is 12.1 Å². The number of rotatable bonds is 16. The highest BCUT2D eigenvalue weighted by Gasteiger charge is 2.28. The predicted molar refractivity (Wildman–Crippen MR) is 239 cm³/mol. The fourth-order valence-corrected chi connectivity index (χ4v) is 8.07. The van der Waals surface area contributed by atoms with Crippen molar-refractivity contribution in [1.82, 2.24) is 19.2 Å². The summed E-state index contributed by atoms with van der Waals surface area (Å²) in [6, 6.07) is 28.5. The largest absolute Gasteiger partial charge is 0.493 e. The molecular formula is C49H57N5O7. The third kappa shape index (κ3) is 9.70. The van der Waals surface area contributed by atoms with Gasteiger partial charge in [0.25, 0.3) is 0 Å². The van der Waals surface area contributed by atoms with Gasteiger partial charge in [-0.2, -0.15) is 5.10 Å². The van der Waals surface area contributed by atoms with Crippen LogP contribution >= 0.6 is 0 Å². The van der Waals surface area contributed by atoms with Crippen LogP contribution in [0.1, 0.15) is 61.6 Å². The minimum atomic E-state index is -0.525. The second kappa shape index (κ2) is 19.0. The van der Waals surface area contributed by atoms with Gasteiger partial charge in [-0.3, -0.25) is 4.68 Å². The van der Waals surface area contributed by atoms with Crippen molar-refractivity contribution in [2.24, 2.45) is 14.1 Å². The first kappa shape index (κ1) is 42.8. The molecule has 2 aromatic heterocycles. The van der Waals surface area contributed by atoms with Crippen LogP contribution in [0.2, 0.25) is 0 Å². The molecular weight excluding hydrogens is 771 g/mol. The molecule has 3 heterocycles. The second-order valence-corrected chi connectivity index (χ2v) is 16.2. The zero-order valence-electron chi connectivity index (χ0n) is 36.2. The van der Waals surface area contributed by atoms with Crippen LogP contribution in [0.25, 0.3) is 32.8 Å². The van der Waals surface area contributed by atoms with Crippen LogP contribution in [0.5, 0.6) is 11.5 Å². The predicted octanol–water partition coefficient (Wildman–Crippen LogP) is 9.26. The number of fused-ring (bicyclic) bond motifs is 2. The molecule has 0 atom stereocenters. The summed E-state index contributed by atoms with van der Waals surface area (Å²) in [6.07, 6.45) is 2.74. The van der Waals surface area contributed by atoms with E-state index in [1.54, 1.807) is 11.0 Å². The van der Waals surface area contributed by atoms with Crippen molar-refractivity contribution in [1.29, 1.82) is 0 Å². The Kier molecular flexibility index (Phi) is 13.3. The summed E-state index contributed by atoms with van der Waals surface area (Å²) in [5.41, 5.74) is 6.26. The van der Waals surface area contributed by atoms with Crippen LogP contribution in [0.15, 0.2) is 97.6 Å². The summed E-state index contributed by atoms with van der Waals surface area (Å²) < 4.78 is 33.8. The van der Waals surface area contributed by atoms with E-state index in [0.717, 1.165) is 61.2 Å². The lowest BCUT2D eigenvalue weighted by molar-refractivity contribution is 0.0240. The molecule has 61 heavy (non-hydrogen) atoms. The number of aryl methyl sites for hydroxylation is 3. The molecule has 12 nitrogen and oxygen atoms in total. The highest BCUT2D eigenvalue weighted by atomic mass is 16.6. The number of amides is 1. The number of benzene rings is 4. The number of esters is 1. The number of piperazine rings is 1. The van der Waals surface area contributed by atoms with Crippen molar-refractivity contribution in [2.45, 2.75) is 59.4 Å². The van der Waals surface area contributed by atoms with E-state index in [1.807, 2.05) is 106 Å². The normalized spacial score (nSPS) is 13.1. The number of aromatic nitrogens is 3. The SMILES string of the molecule is C=CCOCc1c(-c2cccc3c(CCCOc4cccc5ccccc45)c(C(=O)OCC)n(C)c23)c(COc2ccc(N3CCN(C(=O)OC(C)(C)C)CC3)cc2)nn1C. The molecule has 1 amide bonds. The number of ether oxygens (including phenoxy) is 5. The lowest BCUT2D eigenvalue weighted by Gasteiger charge is -2.36. The summed E-state index contributed by atoms with van der Waals surface area (Å²) in [5, 5.41) is 8.13. The topological polar surface area (TPSA) is 110 Å². The fourth-order valence-electron chi connectivity index (χ4n) is 8.07. The van der Waals surface area contributed by atoms with Gasteiger partial charge in [-0.25, -0.2) is 9.59 Å². The van der Waals surface area contributed by atoms with Gasteiger partial charge in [0.2, 0.25) is 0 Å². The zero-order valence-corrected chi connectivity index (χ0v) is 36.2. The molecule has 4 aromatic carbocycles. The molecule has 0 aliphatic carbocycles. The van der Waals surface area contributed by atoms with Crippen molar-refractivity contribution < 1.29 is 33.3 Å². The van der Waals surface area contributed by atoms with E-state index >= 15 is 0 Å². The molecule has 12 heteroatoms. The molecule has 0 N–H and O–H groups in total. The quantitative estimate of drug-likeness (QED) is 0.0536. The maximum absolute atomic E-state index is 13.7. The molecule has 0 bridgehead atoms. The molecule has 7 rings (SSSR count). The first-order valence-electron chi connectivity index (χ1n) is 21.0. The average Bonchev–Trinajstić information content (AvgIpc) is 3.73. The van der Waals surface area contributed by atoms with E-state index in [9.17, 15) is 9.59 Å². The van der Waals surface area contributed by atoms with Gasteiger partial charge in [0.1, 0.15) is 35.1 Å². The second-order valence-electron chi connectivity index (χ2n) is 16.2. The first-order chi connectivity index (χ1) is 29.5. The molecule has 1 fully saturated rings. The van der Waals surface area contributed by atoms with Gasteiger partial charge < -0.3 is 38.1 Å². The van der Waals surface area contributed by atoms with Gasteiger partial charge in [0.15, 0.2) is 0 Å². The highest BCUT2D eigenvalue weighted by molar-refractivity contribution is 6.04. The maximum Gasteiger partial charge on any atom is 0.410 e. The van der Waals surface area contributed by atoms with E-state index < -0.39 is 5.60 Å². The monoisotopic (exact) mass is 827 g/mol. The molecule has 1 aliphatic heterocycles. The number of carbonyl (C=O) groups is 2. The van der Waals surface area contributed by atoms with Gasteiger partial charge in [-0.15, -0.1) is 6.58 Å². The van der Waals surface area contributed by atoms with Crippen molar-refractivity contribution >= 4 is 39.4 Å². The van der Waals surface area contributed by atoms with Crippen molar-refractivity contribution in [3.05, 3.63) is 120 Å². The lowest BCUT2D eigenvalue weighted by atomic mass is 9.98. The summed E-state index contributed by atoms with van der Waals surface area (Å²) in [6.45, 7) is 15.5. The standard InChI is InChI=1S/C49H57N5O7/c1-8-30-57-33-42-44(41(50-52(42)7)32-60-36-24-22-35(23-25-36)53-26-28-54(29-27-53)48(56)61-49(3,4)5)40-19-13-18-38-39(46(47(55)58-9-2)51(6)45(38)40)20-14-31-59-43-21-12-16-34-15-10-11-17-37(34)43/h8,10-13,15-19,21-25H,1,9,14,20,26-33H2,2-7H3. The Hall–Kier alpha value is -6.27. The lowest BCUT2D eigenvalue weighted by Crippen LogP contribution is -2.50. The molecule has 0 saturated carbocycles. The van der Waals surface area contributed by atoms with E-state index in [1.165, 1.54) is 0 Å². The molecule has 6 aromatic rings. The maximum atomic E-state index is 13.7. The fraction of sp³-hybridized carbons (Fsp3) is 0.367. The number of hydrogen-bond donors (Lipinski definition) is 0. The Morgan fingerprint density at radius 1 is 0.852 bits per heavy atom. The molecule has 0 spiro atoms. The summed E-state index contributed by atoms with van der Waals surface area (Å²) in [4.78, 5) is 30.3. The number of hydrogen-bond acceptors (Lipinski definition) is 9. The molecule has 1 aliphatic rings. The molecule has 320 valence electrons. The van der Waals surface area contributed by atoms with Crippen LogP contribution in [0.4, 0.5) is 10.5 Å². The van der Waals surface area contributed by atoms with E-state index in [0.29, 0.717) is 70.3 Å². The Morgan fingerprint density at radius 2 is 1.57 bits per heavy atom. The van der Waals surface area contributed by atoms with Crippen LogP contribution in [-0.4, -0.2) is 82.9 Å². The van der Waals surface area contributed by atoms with Gasteiger partial charge in [-0.1, -0.05) is 60.7 Å². The first-order valence-corrected chi connectivity index (χ1v) is 21.0. The third-order valence-electron chi connectivity index (χ3n) is 10.9. The van der Waals surface area contributed by atoms with E-state index in [4.69, 9.17) is 28.8 Å². The summed E-state index contributed by atoms with van der Waals surface area (Å²) in [5.74, 6) is 1.18. The van der Waals surface area contributed by atoms with Crippen LogP contribution in [-0.2, 0) is 47.9 Å². The van der Waals surface area contributed by atoms with Gasteiger partial charge in [-0.05, 0) is 81.8 Å². The number of carbonyl (C=O) groups excluding carboxylic acids is 2. The molecule has 0 radical (unpaired) electrons. The van der Waals surface area contributed by atoms with Crippen LogP contribution < -0.4 is 14.4 Å². The molecule has 1 saturated heterocycles. The zero-order chi connectivity index (χ0) is 43.1. The van der Waals surface area contributed by atoms with Crippen LogP contribution in [0.3, 0.4) is 0 Å². The van der Waals surface area contributed by atoms with Gasteiger partial charge in [0.05, 0.1) is 37.6 Å². The van der Waals surface area contributed by atoms with Gasteiger partial charge in [0, 0.05) is 67.9 Å². The minimum Gasteiger partial charge on any atom is -0.493 e. The number of para-hydroxylation sites is 1. The van der Waals surface area contributed by atoms with Crippen molar-refractivity contribution in [3.8, 4) is 22.6 Å². The highest BCUT2D eigenvalue weighted by Crippen LogP contribution is 2.39. The Bertz CT molecular complexity index is 2480. The Labute approximate surface area is 358 Å². The van der Waals surface area contributed by atoms with Crippen LogP contribution in [0, 0.1) is 0 Å². The summed E-state index contributed by atoms with van der Waals surface area (Å²) in [7, 11) is 3.83. The van der Waals surface area contributed by atoms with E-state index in [2.05, 4.69) is 41.8 Å². The smallest absolute Gasteiger partial charge is 0.410 e. The van der Waals surface area contributed by atoms with E-state index in [-0.39, 0.29) is 25.3 Å². The summed E-state index contributed by atoms with van der Waals surface area (Å²) >= 11 is 0. The van der Waals surface area contributed by atoms with Crippen molar-refractivity contribution in [2.75, 3.05) is 50.9 Å². The number of anilines is 1. The number of nitrogens with zero attached hydrogens (tertiary/aromatic N) is 5. The minimum absolute atomic E-state index is 0.197. The average molecular weight is 828 g/mol.